The van der Waals surface area contributed by atoms with Crippen LogP contribution >= 0.6 is 11.8 Å². The normalized spacial score (nSPS) is 13.8. The van der Waals surface area contributed by atoms with Crippen molar-refractivity contribution in [1.82, 2.24) is 0 Å². The van der Waals surface area contributed by atoms with Gasteiger partial charge in [-0.3, -0.25) is 4.79 Å². The van der Waals surface area contributed by atoms with Crippen LogP contribution in [0.2, 0.25) is 0 Å². The monoisotopic (exact) mass is 299 g/mol. The zero-order valence-corrected chi connectivity index (χ0v) is 12.6. The first-order chi connectivity index (χ1) is 10.2. The maximum atomic E-state index is 12.0. The molecule has 108 valence electrons. The molecule has 0 atom stereocenters. The second-order valence-electron chi connectivity index (χ2n) is 4.81. The number of fused-ring (bicyclic) bond motifs is 1. The number of hydrogen-bond donors (Lipinski definition) is 2. The summed E-state index contributed by atoms with van der Waals surface area (Å²) in [5.41, 5.74) is 9.88. The van der Waals surface area contributed by atoms with Gasteiger partial charge in [-0.15, -0.1) is 11.8 Å². The Balaban J connectivity index is 2.15. The van der Waals surface area contributed by atoms with Crippen molar-refractivity contribution in [2.45, 2.75) is 11.4 Å². The number of rotatable bonds is 3. The van der Waals surface area contributed by atoms with E-state index in [-0.39, 0.29) is 5.91 Å². The SMILES string of the molecule is CSc1cccc(N2CC(=O)Nc3ccccc32)c1CN. The van der Waals surface area contributed by atoms with E-state index in [4.69, 9.17) is 5.73 Å². The van der Waals surface area contributed by atoms with Crippen molar-refractivity contribution in [3.8, 4) is 0 Å². The quantitative estimate of drug-likeness (QED) is 0.856. The molecule has 0 aromatic heterocycles. The Hall–Kier alpha value is -1.98. The number of nitrogens with two attached hydrogens (primary N) is 1. The van der Waals surface area contributed by atoms with Crippen LogP contribution in [0.4, 0.5) is 17.1 Å². The topological polar surface area (TPSA) is 58.4 Å². The van der Waals surface area contributed by atoms with E-state index in [0.717, 1.165) is 27.5 Å². The molecule has 1 aliphatic rings. The van der Waals surface area contributed by atoms with Gasteiger partial charge in [-0.05, 0) is 30.5 Å². The number of nitrogens with one attached hydrogen (secondary N) is 1. The van der Waals surface area contributed by atoms with Crippen LogP contribution in [-0.2, 0) is 11.3 Å². The molecule has 1 amide bonds. The molecular weight excluding hydrogens is 282 g/mol. The zero-order chi connectivity index (χ0) is 14.8. The first kappa shape index (κ1) is 14.0. The van der Waals surface area contributed by atoms with Gasteiger partial charge in [0, 0.05) is 22.7 Å². The summed E-state index contributed by atoms with van der Waals surface area (Å²) in [6, 6.07) is 13.9. The number of thioether (sulfide) groups is 1. The Kier molecular flexibility index (Phi) is 3.86. The van der Waals surface area contributed by atoms with E-state index >= 15 is 0 Å². The summed E-state index contributed by atoms with van der Waals surface area (Å²) in [6.45, 7) is 0.758. The molecule has 3 N–H and O–H groups in total. The van der Waals surface area contributed by atoms with E-state index in [1.54, 1.807) is 11.8 Å². The van der Waals surface area contributed by atoms with Gasteiger partial charge in [0.25, 0.3) is 0 Å². The smallest absolute Gasteiger partial charge is 0.244 e. The highest BCUT2D eigenvalue weighted by molar-refractivity contribution is 7.98. The highest BCUT2D eigenvalue weighted by atomic mass is 32.2. The molecule has 21 heavy (non-hydrogen) atoms. The Bertz CT molecular complexity index is 687. The summed E-state index contributed by atoms with van der Waals surface area (Å²) in [6.07, 6.45) is 2.04. The number of amides is 1. The van der Waals surface area contributed by atoms with Gasteiger partial charge >= 0.3 is 0 Å². The third kappa shape index (κ3) is 2.50. The predicted octanol–water partition coefficient (Wildman–Crippen LogP) is 2.96. The second-order valence-corrected chi connectivity index (χ2v) is 5.66. The molecule has 3 rings (SSSR count). The van der Waals surface area contributed by atoms with Gasteiger partial charge in [0.2, 0.25) is 5.91 Å². The standard InChI is InChI=1S/C16H17N3OS/c1-21-15-8-4-7-13(11(15)9-17)19-10-16(20)18-12-5-2-3-6-14(12)19/h2-8H,9-10,17H2,1H3,(H,18,20). The fourth-order valence-electron chi connectivity index (χ4n) is 2.65. The Morgan fingerprint density at radius 1 is 1.19 bits per heavy atom. The van der Waals surface area contributed by atoms with Gasteiger partial charge in [-0.25, -0.2) is 0 Å². The maximum absolute atomic E-state index is 12.0. The van der Waals surface area contributed by atoms with E-state index in [0.29, 0.717) is 13.1 Å². The predicted molar refractivity (Wildman–Crippen MR) is 88.2 cm³/mol. The number of hydrogen-bond acceptors (Lipinski definition) is 4. The van der Waals surface area contributed by atoms with Crippen molar-refractivity contribution < 1.29 is 4.79 Å². The molecule has 0 bridgehead atoms. The van der Waals surface area contributed by atoms with Crippen LogP contribution < -0.4 is 16.0 Å². The van der Waals surface area contributed by atoms with Crippen molar-refractivity contribution in [2.24, 2.45) is 5.73 Å². The first-order valence-corrected chi connectivity index (χ1v) is 7.99. The molecule has 2 aromatic rings. The summed E-state index contributed by atoms with van der Waals surface area (Å²) in [4.78, 5) is 15.2. The number of para-hydroxylation sites is 2. The third-order valence-electron chi connectivity index (χ3n) is 3.59. The van der Waals surface area contributed by atoms with E-state index in [2.05, 4.69) is 11.4 Å². The first-order valence-electron chi connectivity index (χ1n) is 6.77. The molecule has 5 heteroatoms. The largest absolute Gasteiger partial charge is 0.330 e. The molecule has 0 spiro atoms. The molecule has 2 aromatic carbocycles. The van der Waals surface area contributed by atoms with Gasteiger partial charge < -0.3 is 16.0 Å². The Labute approximate surface area is 128 Å². The maximum Gasteiger partial charge on any atom is 0.244 e. The molecular formula is C16H17N3OS. The summed E-state index contributed by atoms with van der Waals surface area (Å²) in [5, 5.41) is 2.91. The minimum Gasteiger partial charge on any atom is -0.330 e. The number of anilines is 3. The average molecular weight is 299 g/mol. The van der Waals surface area contributed by atoms with E-state index in [1.807, 2.05) is 47.6 Å². The van der Waals surface area contributed by atoms with Crippen LogP contribution in [0.1, 0.15) is 5.56 Å². The van der Waals surface area contributed by atoms with Crippen LogP contribution in [0.25, 0.3) is 0 Å². The molecule has 0 saturated carbocycles. The molecule has 1 heterocycles. The lowest BCUT2D eigenvalue weighted by Crippen LogP contribution is -2.35. The van der Waals surface area contributed by atoms with E-state index in [9.17, 15) is 4.79 Å². The number of benzene rings is 2. The average Bonchev–Trinajstić information content (AvgIpc) is 2.53. The number of carbonyl (C=O) groups is 1. The lowest BCUT2D eigenvalue weighted by Gasteiger charge is -2.32. The van der Waals surface area contributed by atoms with Gasteiger partial charge in [0.05, 0.1) is 11.4 Å². The Morgan fingerprint density at radius 3 is 2.71 bits per heavy atom. The van der Waals surface area contributed by atoms with Crippen LogP contribution in [0.3, 0.4) is 0 Å². The van der Waals surface area contributed by atoms with Crippen molar-refractivity contribution >= 4 is 34.7 Å². The molecule has 0 saturated heterocycles. The lowest BCUT2D eigenvalue weighted by atomic mass is 10.1. The molecule has 1 aliphatic heterocycles. The minimum atomic E-state index is -0.00812. The highest BCUT2D eigenvalue weighted by Crippen LogP contribution is 2.38. The molecule has 0 radical (unpaired) electrons. The van der Waals surface area contributed by atoms with Gasteiger partial charge in [-0.1, -0.05) is 18.2 Å². The fourth-order valence-corrected chi connectivity index (χ4v) is 3.30. The lowest BCUT2D eigenvalue weighted by molar-refractivity contribution is -0.115. The zero-order valence-electron chi connectivity index (χ0n) is 11.8. The van der Waals surface area contributed by atoms with Gasteiger partial charge in [0.1, 0.15) is 6.54 Å². The van der Waals surface area contributed by atoms with Crippen LogP contribution in [0, 0.1) is 0 Å². The molecule has 0 unspecified atom stereocenters. The second kappa shape index (κ2) is 5.79. The van der Waals surface area contributed by atoms with Crippen molar-refractivity contribution in [3.63, 3.8) is 0 Å². The molecule has 0 fully saturated rings. The summed E-state index contributed by atoms with van der Waals surface area (Å²) >= 11 is 1.67. The Morgan fingerprint density at radius 2 is 1.95 bits per heavy atom. The fraction of sp³-hybridized carbons (Fsp3) is 0.188. The molecule has 0 aliphatic carbocycles. The van der Waals surface area contributed by atoms with Crippen molar-refractivity contribution in [3.05, 3.63) is 48.0 Å². The third-order valence-corrected chi connectivity index (χ3v) is 4.42. The molecule has 4 nitrogen and oxygen atoms in total. The van der Waals surface area contributed by atoms with Gasteiger partial charge in [0.15, 0.2) is 0 Å². The van der Waals surface area contributed by atoms with Gasteiger partial charge in [-0.2, -0.15) is 0 Å². The highest BCUT2D eigenvalue weighted by Gasteiger charge is 2.24. The van der Waals surface area contributed by atoms with E-state index < -0.39 is 0 Å². The summed E-state index contributed by atoms with van der Waals surface area (Å²) < 4.78 is 0. The number of nitrogens with zero attached hydrogens (tertiary/aromatic N) is 1. The van der Waals surface area contributed by atoms with Crippen LogP contribution in [0.5, 0.6) is 0 Å². The van der Waals surface area contributed by atoms with Crippen LogP contribution in [0.15, 0.2) is 47.4 Å². The summed E-state index contributed by atoms with van der Waals surface area (Å²) in [7, 11) is 0. The minimum absolute atomic E-state index is 0.00812. The van der Waals surface area contributed by atoms with Crippen LogP contribution in [-0.4, -0.2) is 18.7 Å². The van der Waals surface area contributed by atoms with Crippen molar-refractivity contribution in [2.75, 3.05) is 23.0 Å². The van der Waals surface area contributed by atoms with E-state index in [1.165, 1.54) is 0 Å². The summed E-state index contributed by atoms with van der Waals surface area (Å²) in [5.74, 6) is -0.00812. The van der Waals surface area contributed by atoms with Crippen molar-refractivity contribution in [1.29, 1.82) is 0 Å². The number of carbonyl (C=O) groups excluding carboxylic acids is 1.